The van der Waals surface area contributed by atoms with Gasteiger partial charge >= 0.3 is 0 Å². The predicted molar refractivity (Wildman–Crippen MR) is 85.7 cm³/mol. The molecule has 7 nitrogen and oxygen atoms in total. The molecule has 0 aliphatic rings. The number of amides is 1. The summed E-state index contributed by atoms with van der Waals surface area (Å²) < 4.78 is 15.6. The quantitative estimate of drug-likeness (QED) is 0.847. The van der Waals surface area contributed by atoms with Crippen LogP contribution in [0.1, 0.15) is 39.0 Å². The van der Waals surface area contributed by atoms with Crippen molar-refractivity contribution in [1.82, 2.24) is 0 Å². The molecule has 0 radical (unpaired) electrons. The van der Waals surface area contributed by atoms with Gasteiger partial charge in [-0.15, -0.1) is 0 Å². The molecule has 0 unspecified atom stereocenters. The molecule has 2 rings (SSSR count). The number of nitrogens with zero attached hydrogens (tertiary/aromatic N) is 1. The van der Waals surface area contributed by atoms with E-state index >= 15 is 0 Å². The number of methoxy groups -OCH3 is 2. The van der Waals surface area contributed by atoms with Gasteiger partial charge in [0.1, 0.15) is 28.9 Å². The summed E-state index contributed by atoms with van der Waals surface area (Å²) >= 11 is 0. The third-order valence-electron chi connectivity index (χ3n) is 3.39. The third kappa shape index (κ3) is 3.22. The van der Waals surface area contributed by atoms with Gasteiger partial charge in [-0.3, -0.25) is 14.9 Å². The van der Waals surface area contributed by atoms with Crippen molar-refractivity contribution in [3.05, 3.63) is 40.6 Å². The number of nitriles is 1. The van der Waals surface area contributed by atoms with E-state index in [2.05, 4.69) is 5.32 Å². The first-order chi connectivity index (χ1) is 11.4. The fourth-order valence-electron chi connectivity index (χ4n) is 2.28. The molecule has 7 heteroatoms. The molecule has 1 N–H and O–H groups in total. The van der Waals surface area contributed by atoms with Crippen LogP contribution in [0.3, 0.4) is 0 Å². The maximum atomic E-state index is 12.4. The van der Waals surface area contributed by atoms with Gasteiger partial charge in [-0.25, -0.2) is 0 Å². The lowest BCUT2D eigenvalue weighted by atomic mass is 10.1. The first kappa shape index (κ1) is 17.1. The zero-order chi connectivity index (χ0) is 17.9. The molecular weight excluding hydrogens is 312 g/mol. The molecule has 0 saturated heterocycles. The van der Waals surface area contributed by atoms with Gasteiger partial charge in [0.25, 0.3) is 5.91 Å². The van der Waals surface area contributed by atoms with Crippen molar-refractivity contribution in [3.63, 3.8) is 0 Å². The van der Waals surface area contributed by atoms with Crippen LogP contribution >= 0.6 is 0 Å². The lowest BCUT2D eigenvalue weighted by Gasteiger charge is -2.08. The summed E-state index contributed by atoms with van der Waals surface area (Å²) in [7, 11) is 2.94. The van der Waals surface area contributed by atoms with E-state index in [-0.39, 0.29) is 34.1 Å². The van der Waals surface area contributed by atoms with Crippen LogP contribution in [0.5, 0.6) is 11.5 Å². The molecule has 1 aromatic carbocycles. The summed E-state index contributed by atoms with van der Waals surface area (Å²) in [5, 5.41) is 11.8. The Morgan fingerprint density at radius 1 is 1.17 bits per heavy atom. The largest absolute Gasteiger partial charge is 0.497 e. The Kier molecular flexibility index (Phi) is 4.90. The van der Waals surface area contributed by atoms with E-state index < -0.39 is 5.91 Å². The van der Waals surface area contributed by atoms with Crippen LogP contribution in [0.4, 0.5) is 5.88 Å². The molecule has 0 bridgehead atoms. The molecule has 0 saturated carbocycles. The first-order valence-corrected chi connectivity index (χ1v) is 7.00. The average Bonchev–Trinajstić information content (AvgIpc) is 2.89. The number of carbonyl (C=O) groups excluding carboxylic acids is 2. The summed E-state index contributed by atoms with van der Waals surface area (Å²) in [6.07, 6.45) is 0. The van der Waals surface area contributed by atoms with Crippen molar-refractivity contribution in [2.24, 2.45) is 0 Å². The number of aryl methyl sites for hydroxylation is 1. The maximum Gasteiger partial charge on any atom is 0.258 e. The van der Waals surface area contributed by atoms with Gasteiger partial charge < -0.3 is 13.9 Å². The van der Waals surface area contributed by atoms with E-state index in [9.17, 15) is 14.9 Å². The average molecular weight is 328 g/mol. The zero-order valence-electron chi connectivity index (χ0n) is 13.7. The summed E-state index contributed by atoms with van der Waals surface area (Å²) in [5.74, 6) is 0.272. The molecule has 0 fully saturated rings. The Balaban J connectivity index is 2.39. The monoisotopic (exact) mass is 328 g/mol. The second kappa shape index (κ2) is 6.87. The Morgan fingerprint density at radius 3 is 2.21 bits per heavy atom. The van der Waals surface area contributed by atoms with Crippen LogP contribution in [0, 0.1) is 18.3 Å². The Labute approximate surface area is 138 Å². The molecule has 1 heterocycles. The number of carbonyl (C=O) groups is 2. The molecule has 0 aliphatic carbocycles. The molecule has 0 aliphatic heterocycles. The lowest BCUT2D eigenvalue weighted by Crippen LogP contribution is -2.12. The van der Waals surface area contributed by atoms with E-state index in [1.165, 1.54) is 33.3 Å². The van der Waals surface area contributed by atoms with Gasteiger partial charge in [0.2, 0.25) is 5.88 Å². The summed E-state index contributed by atoms with van der Waals surface area (Å²) in [6, 6.07) is 6.56. The lowest BCUT2D eigenvalue weighted by molar-refractivity contribution is 0.101. The number of furan rings is 1. The minimum absolute atomic E-state index is 0.00297. The highest BCUT2D eigenvalue weighted by molar-refractivity contribution is 6.06. The van der Waals surface area contributed by atoms with E-state index in [4.69, 9.17) is 13.9 Å². The SMILES string of the molecule is COc1cc(OC)cc(C(=O)Nc2oc(C)c(C(C)=O)c2C#N)c1. The van der Waals surface area contributed by atoms with E-state index in [0.29, 0.717) is 11.5 Å². The predicted octanol–water partition coefficient (Wildman–Crippen LogP) is 2.93. The van der Waals surface area contributed by atoms with Crippen LogP contribution in [0.15, 0.2) is 22.6 Å². The molecule has 1 aromatic heterocycles. The summed E-state index contributed by atoms with van der Waals surface area (Å²) in [5.41, 5.74) is 0.424. The highest BCUT2D eigenvalue weighted by Crippen LogP contribution is 2.28. The van der Waals surface area contributed by atoms with Crippen molar-refractivity contribution in [1.29, 1.82) is 5.26 Å². The van der Waals surface area contributed by atoms with Crippen molar-refractivity contribution >= 4 is 17.6 Å². The van der Waals surface area contributed by atoms with E-state index in [1.54, 1.807) is 13.0 Å². The second-order valence-corrected chi connectivity index (χ2v) is 4.96. The molecule has 0 spiro atoms. The highest BCUT2D eigenvalue weighted by atomic mass is 16.5. The van der Waals surface area contributed by atoms with Crippen LogP contribution in [0.2, 0.25) is 0 Å². The fourth-order valence-corrected chi connectivity index (χ4v) is 2.28. The smallest absolute Gasteiger partial charge is 0.258 e. The van der Waals surface area contributed by atoms with Gasteiger partial charge in [-0.2, -0.15) is 5.26 Å². The number of ether oxygens (including phenoxy) is 2. The van der Waals surface area contributed by atoms with Crippen LogP contribution in [-0.2, 0) is 0 Å². The number of rotatable bonds is 5. The maximum absolute atomic E-state index is 12.4. The van der Waals surface area contributed by atoms with E-state index in [0.717, 1.165) is 0 Å². The standard InChI is InChI=1S/C17H16N2O5/c1-9(20)15-10(2)24-17(14(15)8-18)19-16(21)11-5-12(22-3)7-13(6-11)23-4/h5-7H,1-4H3,(H,19,21). The number of ketones is 1. The van der Waals surface area contributed by atoms with Gasteiger partial charge in [-0.05, 0) is 26.0 Å². The second-order valence-electron chi connectivity index (χ2n) is 4.96. The summed E-state index contributed by atoms with van der Waals surface area (Å²) in [4.78, 5) is 24.1. The minimum atomic E-state index is -0.521. The van der Waals surface area contributed by atoms with Crippen molar-refractivity contribution in [2.75, 3.05) is 19.5 Å². The van der Waals surface area contributed by atoms with Crippen LogP contribution in [-0.4, -0.2) is 25.9 Å². The minimum Gasteiger partial charge on any atom is -0.497 e. The molecule has 124 valence electrons. The van der Waals surface area contributed by atoms with Gasteiger partial charge in [-0.1, -0.05) is 0 Å². The number of hydrogen-bond donors (Lipinski definition) is 1. The first-order valence-electron chi connectivity index (χ1n) is 7.00. The Morgan fingerprint density at radius 2 is 1.75 bits per heavy atom. The normalized spacial score (nSPS) is 9.96. The number of Topliss-reactive ketones (excluding diaryl/α,β-unsaturated/α-hetero) is 1. The Hall–Kier alpha value is -3.27. The molecule has 1 amide bonds. The number of hydrogen-bond acceptors (Lipinski definition) is 6. The van der Waals surface area contributed by atoms with Crippen molar-refractivity contribution < 1.29 is 23.5 Å². The Bertz CT molecular complexity index is 823. The van der Waals surface area contributed by atoms with E-state index in [1.807, 2.05) is 6.07 Å². The molecule has 0 atom stereocenters. The number of benzene rings is 1. The van der Waals surface area contributed by atoms with Crippen LogP contribution in [0.25, 0.3) is 0 Å². The number of nitrogens with one attached hydrogen (secondary N) is 1. The van der Waals surface area contributed by atoms with Gasteiger partial charge in [0.15, 0.2) is 5.78 Å². The highest BCUT2D eigenvalue weighted by Gasteiger charge is 2.23. The third-order valence-corrected chi connectivity index (χ3v) is 3.39. The number of anilines is 1. The fraction of sp³-hybridized carbons (Fsp3) is 0.235. The van der Waals surface area contributed by atoms with Crippen molar-refractivity contribution in [3.8, 4) is 17.6 Å². The molecular formula is C17H16N2O5. The van der Waals surface area contributed by atoms with Crippen LogP contribution < -0.4 is 14.8 Å². The van der Waals surface area contributed by atoms with Crippen molar-refractivity contribution in [2.45, 2.75) is 13.8 Å². The zero-order valence-corrected chi connectivity index (χ0v) is 13.7. The summed E-state index contributed by atoms with van der Waals surface area (Å²) in [6.45, 7) is 2.89. The molecule has 24 heavy (non-hydrogen) atoms. The van der Waals surface area contributed by atoms with Gasteiger partial charge in [0.05, 0.1) is 19.8 Å². The molecule has 2 aromatic rings. The topological polar surface area (TPSA) is 102 Å². The van der Waals surface area contributed by atoms with Gasteiger partial charge in [0, 0.05) is 11.6 Å².